The number of carbonyl (C=O) groups is 1. The van der Waals surface area contributed by atoms with Crippen molar-refractivity contribution in [2.24, 2.45) is 7.05 Å². The Morgan fingerprint density at radius 2 is 2.11 bits per heavy atom. The van der Waals surface area contributed by atoms with Crippen molar-refractivity contribution in [2.75, 3.05) is 0 Å². The van der Waals surface area contributed by atoms with E-state index in [4.69, 9.17) is 0 Å². The lowest BCUT2D eigenvalue weighted by Gasteiger charge is -2.20. The van der Waals surface area contributed by atoms with Crippen molar-refractivity contribution in [1.82, 2.24) is 10.00 Å². The monoisotopic (exact) mass is 442 g/mol. The minimum Gasteiger partial charge on any atom is -0.346 e. The van der Waals surface area contributed by atoms with E-state index in [-0.39, 0.29) is 30.9 Å². The molecule has 5 nitrogen and oxygen atoms in total. The lowest BCUT2D eigenvalue weighted by atomic mass is 10.0. The number of halogens is 3. The van der Waals surface area contributed by atoms with Crippen LogP contribution in [0.1, 0.15) is 44.7 Å². The van der Waals surface area contributed by atoms with Crippen LogP contribution >= 0.6 is 15.9 Å². The fourth-order valence-electron chi connectivity index (χ4n) is 3.84. The number of amides is 1. The Labute approximate surface area is 164 Å². The van der Waals surface area contributed by atoms with Crippen molar-refractivity contribution in [3.8, 4) is 0 Å². The summed E-state index contributed by atoms with van der Waals surface area (Å²) in [5.74, 6) is -3.37. The standard InChI is InChI=1S/C19H22BrF2N3O2/c1-11(2)17-14-9-12(20)6-7-13(14)18(27)25(24(17)3)10-16(26)23-15-5-4-8-19(15,21)22/h6-7,9,11,15H,4-5,8,10H2,1-3H3/p+1. The molecule has 146 valence electrons. The van der Waals surface area contributed by atoms with Crippen LogP contribution in [0.3, 0.4) is 0 Å². The van der Waals surface area contributed by atoms with Crippen LogP contribution in [0, 0.1) is 0 Å². The highest BCUT2D eigenvalue weighted by Crippen LogP contribution is 2.34. The SMILES string of the molecule is CC(C)c1c2cc(Br)ccc2c(=O)n(CC(=O)NC2CCCC2(F)F)[n+]1C. The summed E-state index contributed by atoms with van der Waals surface area (Å²) in [6, 6.07) is 4.21. The Bertz CT molecular complexity index is 956. The lowest BCUT2D eigenvalue weighted by molar-refractivity contribution is -0.764. The Morgan fingerprint density at radius 3 is 2.70 bits per heavy atom. The van der Waals surface area contributed by atoms with Crippen molar-refractivity contribution in [3.63, 3.8) is 0 Å². The summed E-state index contributed by atoms with van der Waals surface area (Å²) in [5.41, 5.74) is 0.572. The van der Waals surface area contributed by atoms with Gasteiger partial charge in [-0.25, -0.2) is 8.78 Å². The summed E-state index contributed by atoms with van der Waals surface area (Å²) in [6.07, 6.45) is 0.421. The maximum Gasteiger partial charge on any atom is 0.309 e. The van der Waals surface area contributed by atoms with E-state index in [0.717, 1.165) is 15.6 Å². The molecule has 27 heavy (non-hydrogen) atoms. The van der Waals surface area contributed by atoms with Gasteiger partial charge in [-0.3, -0.25) is 9.59 Å². The van der Waals surface area contributed by atoms with Gasteiger partial charge in [-0.1, -0.05) is 29.8 Å². The van der Waals surface area contributed by atoms with Crippen LogP contribution in [0.4, 0.5) is 8.78 Å². The van der Waals surface area contributed by atoms with Gasteiger partial charge in [0.2, 0.25) is 11.6 Å². The summed E-state index contributed by atoms with van der Waals surface area (Å²) in [5, 5.41) is 3.72. The minimum absolute atomic E-state index is 0.0980. The second-order valence-electron chi connectivity index (χ2n) is 7.39. The molecule has 1 unspecified atom stereocenters. The van der Waals surface area contributed by atoms with Crippen LogP contribution in [-0.4, -0.2) is 22.6 Å². The summed E-state index contributed by atoms with van der Waals surface area (Å²) >= 11 is 3.43. The molecule has 1 saturated carbocycles. The highest BCUT2D eigenvalue weighted by Gasteiger charge is 2.44. The number of rotatable bonds is 4. The van der Waals surface area contributed by atoms with E-state index in [1.807, 2.05) is 19.9 Å². The Hall–Kier alpha value is -1.83. The van der Waals surface area contributed by atoms with Crippen LogP contribution in [0.15, 0.2) is 27.5 Å². The van der Waals surface area contributed by atoms with E-state index in [1.54, 1.807) is 23.9 Å². The second kappa shape index (κ2) is 7.30. The maximum absolute atomic E-state index is 13.8. The molecule has 0 radical (unpaired) electrons. The summed E-state index contributed by atoms with van der Waals surface area (Å²) in [6.45, 7) is 3.71. The average molecular weight is 443 g/mol. The summed E-state index contributed by atoms with van der Waals surface area (Å²) in [7, 11) is 1.72. The average Bonchev–Trinajstić information content (AvgIpc) is 2.89. The minimum atomic E-state index is -2.89. The molecule has 1 amide bonds. The van der Waals surface area contributed by atoms with Gasteiger partial charge in [0.15, 0.2) is 13.6 Å². The number of nitrogens with zero attached hydrogens (tertiary/aromatic N) is 2. The fourth-order valence-corrected chi connectivity index (χ4v) is 4.20. The number of hydrogen-bond donors (Lipinski definition) is 1. The molecule has 1 aromatic carbocycles. The highest BCUT2D eigenvalue weighted by atomic mass is 79.9. The molecule has 0 aliphatic heterocycles. The molecular formula is C19H23BrF2N3O2+. The van der Waals surface area contributed by atoms with Crippen LogP contribution in [0.2, 0.25) is 0 Å². The number of hydrogen-bond acceptors (Lipinski definition) is 2. The molecular weight excluding hydrogens is 420 g/mol. The molecule has 3 rings (SSSR count). The molecule has 0 saturated heterocycles. The second-order valence-corrected chi connectivity index (χ2v) is 8.31. The van der Waals surface area contributed by atoms with Crippen LogP contribution in [0.25, 0.3) is 10.8 Å². The molecule has 8 heteroatoms. The molecule has 1 aromatic heterocycles. The molecule has 1 heterocycles. The van der Waals surface area contributed by atoms with Crippen LogP contribution < -0.4 is 15.6 Å². The van der Waals surface area contributed by atoms with Gasteiger partial charge >= 0.3 is 5.56 Å². The van der Waals surface area contributed by atoms with Gasteiger partial charge in [0.05, 0.1) is 16.8 Å². The van der Waals surface area contributed by atoms with E-state index in [1.165, 1.54) is 4.68 Å². The first-order chi connectivity index (χ1) is 12.6. The van der Waals surface area contributed by atoms with E-state index in [0.29, 0.717) is 11.8 Å². The van der Waals surface area contributed by atoms with Gasteiger partial charge in [-0.15, -0.1) is 9.36 Å². The summed E-state index contributed by atoms with van der Waals surface area (Å²) < 4.78 is 31.4. The molecule has 0 spiro atoms. The highest BCUT2D eigenvalue weighted by molar-refractivity contribution is 9.10. The number of aromatic nitrogens is 2. The van der Waals surface area contributed by atoms with E-state index >= 15 is 0 Å². The van der Waals surface area contributed by atoms with Crippen molar-refractivity contribution >= 4 is 32.6 Å². The fraction of sp³-hybridized carbons (Fsp3) is 0.526. The third-order valence-electron chi connectivity index (χ3n) is 5.12. The molecule has 0 bridgehead atoms. The lowest BCUT2D eigenvalue weighted by Crippen LogP contribution is -2.55. The molecule has 1 aliphatic carbocycles. The quantitative estimate of drug-likeness (QED) is 0.739. The largest absolute Gasteiger partial charge is 0.346 e. The molecule has 1 fully saturated rings. The smallest absolute Gasteiger partial charge is 0.309 e. The van der Waals surface area contributed by atoms with Crippen LogP contribution in [0.5, 0.6) is 0 Å². The van der Waals surface area contributed by atoms with E-state index < -0.39 is 17.9 Å². The van der Waals surface area contributed by atoms with Crippen molar-refractivity contribution in [1.29, 1.82) is 0 Å². The van der Waals surface area contributed by atoms with Crippen LogP contribution in [-0.2, 0) is 18.4 Å². The topological polar surface area (TPSA) is 55.0 Å². The number of carbonyl (C=O) groups excluding carboxylic acids is 1. The molecule has 1 N–H and O–H groups in total. The van der Waals surface area contributed by atoms with Gasteiger partial charge < -0.3 is 5.32 Å². The number of alkyl halides is 2. The van der Waals surface area contributed by atoms with Gasteiger partial charge in [0.1, 0.15) is 0 Å². The predicted octanol–water partition coefficient (Wildman–Crippen LogP) is 3.02. The van der Waals surface area contributed by atoms with E-state index in [2.05, 4.69) is 21.2 Å². The number of fused-ring (bicyclic) bond motifs is 1. The van der Waals surface area contributed by atoms with Gasteiger partial charge in [-0.2, -0.15) is 0 Å². The normalized spacial score (nSPS) is 19.0. The Morgan fingerprint density at radius 1 is 1.41 bits per heavy atom. The third kappa shape index (κ3) is 3.77. The summed E-state index contributed by atoms with van der Waals surface area (Å²) in [4.78, 5) is 25.3. The number of nitrogens with one attached hydrogen (secondary N) is 1. The van der Waals surface area contributed by atoms with Crippen molar-refractivity contribution in [2.45, 2.75) is 57.5 Å². The molecule has 1 aliphatic rings. The Kier molecular flexibility index (Phi) is 5.38. The number of benzene rings is 1. The first kappa shape index (κ1) is 19.9. The van der Waals surface area contributed by atoms with Crippen molar-refractivity contribution < 1.29 is 18.3 Å². The van der Waals surface area contributed by atoms with Gasteiger partial charge in [-0.05, 0) is 31.0 Å². The predicted molar refractivity (Wildman–Crippen MR) is 102 cm³/mol. The molecule has 2 aromatic rings. The zero-order valence-electron chi connectivity index (χ0n) is 15.6. The zero-order chi connectivity index (χ0) is 19.9. The Balaban J connectivity index is 2.00. The van der Waals surface area contributed by atoms with E-state index in [9.17, 15) is 18.4 Å². The zero-order valence-corrected chi connectivity index (χ0v) is 17.1. The van der Waals surface area contributed by atoms with Gasteiger partial charge in [0.25, 0.3) is 5.92 Å². The first-order valence-electron chi connectivity index (χ1n) is 9.01. The maximum atomic E-state index is 13.8. The molecule has 1 atom stereocenters. The third-order valence-corrected chi connectivity index (χ3v) is 5.61. The van der Waals surface area contributed by atoms with Crippen molar-refractivity contribution in [3.05, 3.63) is 38.7 Å². The van der Waals surface area contributed by atoms with Gasteiger partial charge in [0, 0.05) is 16.8 Å². The first-order valence-corrected chi connectivity index (χ1v) is 9.80.